The molecule has 1 aromatic rings. The normalized spacial score (nSPS) is 14.7. The molecular weight excluding hydrogens is 214 g/mol. The lowest BCUT2D eigenvalue weighted by Gasteiger charge is -2.12. The van der Waals surface area contributed by atoms with Gasteiger partial charge < -0.3 is 15.6 Å². The maximum Gasteiger partial charge on any atom is 0.138 e. The molecule has 0 radical (unpaired) electrons. The van der Waals surface area contributed by atoms with Crippen molar-refractivity contribution >= 4 is 11.6 Å². The van der Waals surface area contributed by atoms with Gasteiger partial charge in [0.15, 0.2) is 0 Å². The zero-order chi connectivity index (χ0) is 11.4. The molecule has 0 spiro atoms. The molecule has 0 saturated heterocycles. The number of hydrogen-bond acceptors (Lipinski definition) is 3. The highest BCUT2D eigenvalue weighted by Gasteiger charge is 2.06. The number of benzene rings is 1. The van der Waals surface area contributed by atoms with E-state index < -0.39 is 6.10 Å². The molecule has 2 atom stereocenters. The summed E-state index contributed by atoms with van der Waals surface area (Å²) in [7, 11) is 0. The summed E-state index contributed by atoms with van der Waals surface area (Å²) in [5, 5.41) is 9.58. The largest absolute Gasteiger partial charge is 0.489 e. The maximum absolute atomic E-state index is 9.06. The van der Waals surface area contributed by atoms with Crippen molar-refractivity contribution in [2.24, 2.45) is 5.73 Å². The van der Waals surface area contributed by atoms with E-state index in [1.807, 2.05) is 13.0 Å². The van der Waals surface area contributed by atoms with E-state index in [1.165, 1.54) is 0 Å². The lowest BCUT2D eigenvalue weighted by atomic mass is 10.1. The van der Waals surface area contributed by atoms with E-state index in [-0.39, 0.29) is 12.6 Å². The summed E-state index contributed by atoms with van der Waals surface area (Å²) in [5.41, 5.74) is 6.68. The Labute approximate surface area is 94.8 Å². The molecule has 0 amide bonds. The predicted molar refractivity (Wildman–Crippen MR) is 61.2 cm³/mol. The highest BCUT2D eigenvalue weighted by molar-refractivity contribution is 6.32. The number of aliphatic hydroxyl groups is 1. The molecule has 1 rings (SSSR count). The molecule has 0 aliphatic heterocycles. The van der Waals surface area contributed by atoms with Gasteiger partial charge in [-0.1, -0.05) is 17.7 Å². The third-order valence-electron chi connectivity index (χ3n) is 1.96. The smallest absolute Gasteiger partial charge is 0.138 e. The molecule has 3 nitrogen and oxygen atoms in total. The molecule has 84 valence electrons. The number of nitrogens with two attached hydrogens (primary N) is 1. The van der Waals surface area contributed by atoms with Crippen LogP contribution in [0.4, 0.5) is 0 Å². The van der Waals surface area contributed by atoms with Crippen LogP contribution in [0.15, 0.2) is 18.2 Å². The first-order chi connectivity index (χ1) is 7.00. The summed E-state index contributed by atoms with van der Waals surface area (Å²) in [5.74, 6) is 0.571. The van der Waals surface area contributed by atoms with Crippen LogP contribution in [0.5, 0.6) is 5.75 Å². The molecule has 15 heavy (non-hydrogen) atoms. The van der Waals surface area contributed by atoms with Gasteiger partial charge in [-0.25, -0.2) is 0 Å². The van der Waals surface area contributed by atoms with Crippen molar-refractivity contribution in [2.75, 3.05) is 6.61 Å². The Bertz CT molecular complexity index is 326. The SMILES string of the molecule is CC(O)COc1ccc([C@H](C)N)cc1Cl. The molecule has 4 heteroatoms. The van der Waals surface area contributed by atoms with Gasteiger partial charge in [-0.15, -0.1) is 0 Å². The van der Waals surface area contributed by atoms with Gasteiger partial charge in [0.1, 0.15) is 12.4 Å². The highest BCUT2D eigenvalue weighted by Crippen LogP contribution is 2.27. The third-order valence-corrected chi connectivity index (χ3v) is 2.26. The first kappa shape index (κ1) is 12.3. The number of ether oxygens (including phenoxy) is 1. The van der Waals surface area contributed by atoms with Crippen LogP contribution < -0.4 is 10.5 Å². The van der Waals surface area contributed by atoms with Crippen molar-refractivity contribution < 1.29 is 9.84 Å². The van der Waals surface area contributed by atoms with E-state index in [4.69, 9.17) is 27.2 Å². The molecule has 0 aliphatic rings. The van der Waals surface area contributed by atoms with Gasteiger partial charge >= 0.3 is 0 Å². The zero-order valence-electron chi connectivity index (χ0n) is 8.90. The Morgan fingerprint density at radius 1 is 1.47 bits per heavy atom. The fourth-order valence-electron chi connectivity index (χ4n) is 1.13. The van der Waals surface area contributed by atoms with E-state index >= 15 is 0 Å². The molecule has 0 aromatic heterocycles. The Hall–Kier alpha value is -0.770. The van der Waals surface area contributed by atoms with Gasteiger partial charge in [0.2, 0.25) is 0 Å². The van der Waals surface area contributed by atoms with Crippen molar-refractivity contribution in [1.29, 1.82) is 0 Å². The molecule has 0 bridgehead atoms. The van der Waals surface area contributed by atoms with E-state index in [1.54, 1.807) is 19.1 Å². The van der Waals surface area contributed by atoms with Gasteiger partial charge in [-0.05, 0) is 31.5 Å². The lowest BCUT2D eigenvalue weighted by molar-refractivity contribution is 0.123. The van der Waals surface area contributed by atoms with Crippen LogP contribution in [0.1, 0.15) is 25.5 Å². The van der Waals surface area contributed by atoms with Crippen LogP contribution in [-0.2, 0) is 0 Å². The van der Waals surface area contributed by atoms with Crippen LogP contribution in [0.3, 0.4) is 0 Å². The molecule has 0 aliphatic carbocycles. The van der Waals surface area contributed by atoms with Crippen molar-refractivity contribution in [3.8, 4) is 5.75 Å². The molecule has 1 aromatic carbocycles. The minimum Gasteiger partial charge on any atom is -0.489 e. The fourth-order valence-corrected chi connectivity index (χ4v) is 1.37. The Morgan fingerprint density at radius 2 is 2.13 bits per heavy atom. The van der Waals surface area contributed by atoms with Crippen molar-refractivity contribution in [3.63, 3.8) is 0 Å². The van der Waals surface area contributed by atoms with Crippen LogP contribution >= 0.6 is 11.6 Å². The standard InChI is InChI=1S/C11H16ClNO2/c1-7(14)6-15-11-4-3-9(8(2)13)5-10(11)12/h3-5,7-8,14H,6,13H2,1-2H3/t7?,8-/m0/s1. The third kappa shape index (κ3) is 3.70. The lowest BCUT2D eigenvalue weighted by Crippen LogP contribution is -2.13. The Kier molecular flexibility index (Phi) is 4.39. The maximum atomic E-state index is 9.06. The highest BCUT2D eigenvalue weighted by atomic mass is 35.5. The summed E-state index contributed by atoms with van der Waals surface area (Å²) >= 11 is 5.99. The van der Waals surface area contributed by atoms with Gasteiger partial charge in [-0.2, -0.15) is 0 Å². The van der Waals surface area contributed by atoms with Gasteiger partial charge in [0.05, 0.1) is 11.1 Å². The number of aliphatic hydroxyl groups excluding tert-OH is 1. The second-order valence-electron chi connectivity index (χ2n) is 3.64. The summed E-state index contributed by atoms with van der Waals surface area (Å²) in [6, 6.07) is 5.37. The first-order valence-electron chi connectivity index (χ1n) is 4.86. The van der Waals surface area contributed by atoms with Crippen molar-refractivity contribution in [1.82, 2.24) is 0 Å². The number of halogens is 1. The van der Waals surface area contributed by atoms with Crippen LogP contribution in [0.2, 0.25) is 5.02 Å². The predicted octanol–water partition coefficient (Wildman–Crippen LogP) is 2.12. The molecule has 0 heterocycles. The van der Waals surface area contributed by atoms with Crippen molar-refractivity contribution in [2.45, 2.75) is 26.0 Å². The summed E-state index contributed by atoms with van der Waals surface area (Å²) in [6.07, 6.45) is -0.505. The van der Waals surface area contributed by atoms with Gasteiger partial charge in [-0.3, -0.25) is 0 Å². The van der Waals surface area contributed by atoms with E-state index in [0.29, 0.717) is 10.8 Å². The fraction of sp³-hybridized carbons (Fsp3) is 0.455. The zero-order valence-corrected chi connectivity index (χ0v) is 9.66. The topological polar surface area (TPSA) is 55.5 Å². The second kappa shape index (κ2) is 5.35. The van der Waals surface area contributed by atoms with E-state index in [0.717, 1.165) is 5.56 Å². The van der Waals surface area contributed by atoms with Crippen molar-refractivity contribution in [3.05, 3.63) is 28.8 Å². The molecule has 1 unspecified atom stereocenters. The van der Waals surface area contributed by atoms with Crippen LogP contribution in [0, 0.1) is 0 Å². The first-order valence-corrected chi connectivity index (χ1v) is 5.24. The minimum absolute atomic E-state index is 0.0479. The molecule has 0 fully saturated rings. The molecular formula is C11H16ClNO2. The number of hydrogen-bond donors (Lipinski definition) is 2. The second-order valence-corrected chi connectivity index (χ2v) is 4.05. The van der Waals surface area contributed by atoms with E-state index in [2.05, 4.69) is 0 Å². The quantitative estimate of drug-likeness (QED) is 0.832. The van der Waals surface area contributed by atoms with Crippen LogP contribution in [0.25, 0.3) is 0 Å². The van der Waals surface area contributed by atoms with Crippen LogP contribution in [-0.4, -0.2) is 17.8 Å². The minimum atomic E-state index is -0.505. The average Bonchev–Trinajstić information content (AvgIpc) is 2.15. The van der Waals surface area contributed by atoms with E-state index in [9.17, 15) is 0 Å². The summed E-state index contributed by atoms with van der Waals surface area (Å²) < 4.78 is 5.31. The number of rotatable bonds is 4. The molecule has 3 N–H and O–H groups in total. The monoisotopic (exact) mass is 229 g/mol. The molecule has 0 saturated carbocycles. The Balaban J connectivity index is 2.75. The summed E-state index contributed by atoms with van der Waals surface area (Å²) in [4.78, 5) is 0. The van der Waals surface area contributed by atoms with Gasteiger partial charge in [0.25, 0.3) is 0 Å². The van der Waals surface area contributed by atoms with Gasteiger partial charge in [0, 0.05) is 6.04 Å². The Morgan fingerprint density at radius 3 is 2.60 bits per heavy atom. The summed E-state index contributed by atoms with van der Waals surface area (Å²) in [6.45, 7) is 3.78. The average molecular weight is 230 g/mol.